The largest absolute Gasteiger partial charge is 0.497 e. The minimum Gasteiger partial charge on any atom is -0.497 e. The van der Waals surface area contributed by atoms with Gasteiger partial charge in [-0.15, -0.1) is 11.3 Å². The van der Waals surface area contributed by atoms with Gasteiger partial charge in [0.15, 0.2) is 0 Å². The SMILES string of the molecule is COc1ccc2c(c1)N(S(=O)(=O)c1sccc1C)CCC2. The van der Waals surface area contributed by atoms with Gasteiger partial charge in [0, 0.05) is 12.6 Å². The van der Waals surface area contributed by atoms with E-state index in [1.54, 1.807) is 7.11 Å². The molecule has 2 heterocycles. The number of sulfonamides is 1. The molecule has 0 radical (unpaired) electrons. The van der Waals surface area contributed by atoms with Gasteiger partial charge >= 0.3 is 0 Å². The van der Waals surface area contributed by atoms with E-state index in [0.29, 0.717) is 16.5 Å². The van der Waals surface area contributed by atoms with E-state index in [1.165, 1.54) is 15.6 Å². The van der Waals surface area contributed by atoms with Gasteiger partial charge in [-0.3, -0.25) is 4.31 Å². The number of nitrogens with zero attached hydrogens (tertiary/aromatic N) is 1. The maximum Gasteiger partial charge on any atom is 0.274 e. The van der Waals surface area contributed by atoms with Crippen LogP contribution in [0.2, 0.25) is 0 Å². The molecule has 0 N–H and O–H groups in total. The summed E-state index contributed by atoms with van der Waals surface area (Å²) in [6.07, 6.45) is 1.73. The van der Waals surface area contributed by atoms with Gasteiger partial charge in [-0.2, -0.15) is 0 Å². The molecule has 0 amide bonds. The highest BCUT2D eigenvalue weighted by Crippen LogP contribution is 2.36. The molecule has 0 atom stereocenters. The van der Waals surface area contributed by atoms with Gasteiger partial charge in [0.1, 0.15) is 9.96 Å². The van der Waals surface area contributed by atoms with Crippen LogP contribution in [0.25, 0.3) is 0 Å². The second-order valence-electron chi connectivity index (χ2n) is 5.07. The summed E-state index contributed by atoms with van der Waals surface area (Å²) in [5.41, 5.74) is 2.60. The fourth-order valence-electron chi connectivity index (χ4n) is 2.62. The van der Waals surface area contributed by atoms with Crippen LogP contribution >= 0.6 is 11.3 Å². The van der Waals surface area contributed by atoms with Gasteiger partial charge < -0.3 is 4.74 Å². The molecule has 6 heteroatoms. The van der Waals surface area contributed by atoms with Crippen molar-refractivity contribution in [1.29, 1.82) is 0 Å². The number of ether oxygens (including phenoxy) is 1. The lowest BCUT2D eigenvalue weighted by molar-refractivity contribution is 0.414. The fourth-order valence-corrected chi connectivity index (χ4v) is 5.67. The second kappa shape index (κ2) is 5.35. The van der Waals surface area contributed by atoms with Crippen LogP contribution in [0.5, 0.6) is 5.75 Å². The fraction of sp³-hybridized carbons (Fsp3) is 0.333. The van der Waals surface area contributed by atoms with Crippen molar-refractivity contribution in [2.75, 3.05) is 18.0 Å². The maximum atomic E-state index is 12.9. The van der Waals surface area contributed by atoms with E-state index in [0.717, 1.165) is 29.7 Å². The zero-order chi connectivity index (χ0) is 15.0. The second-order valence-corrected chi connectivity index (χ2v) is 8.04. The first-order chi connectivity index (χ1) is 10.0. The van der Waals surface area contributed by atoms with Crippen molar-refractivity contribution in [3.8, 4) is 5.75 Å². The molecule has 0 bridgehead atoms. The number of methoxy groups -OCH3 is 1. The Kier molecular flexibility index (Phi) is 3.67. The number of aryl methyl sites for hydroxylation is 2. The minimum atomic E-state index is -3.49. The monoisotopic (exact) mass is 323 g/mol. The first kappa shape index (κ1) is 14.4. The average Bonchev–Trinajstić information content (AvgIpc) is 2.93. The zero-order valence-electron chi connectivity index (χ0n) is 12.0. The summed E-state index contributed by atoms with van der Waals surface area (Å²) >= 11 is 1.27. The Bertz CT molecular complexity index is 765. The predicted molar refractivity (Wildman–Crippen MR) is 84.9 cm³/mol. The smallest absolute Gasteiger partial charge is 0.274 e. The Labute approximate surface area is 129 Å². The molecule has 1 aromatic carbocycles. The lowest BCUT2D eigenvalue weighted by Crippen LogP contribution is -2.35. The summed E-state index contributed by atoms with van der Waals surface area (Å²) in [5.74, 6) is 0.679. The summed E-state index contributed by atoms with van der Waals surface area (Å²) in [6.45, 7) is 2.35. The maximum absolute atomic E-state index is 12.9. The average molecular weight is 323 g/mol. The van der Waals surface area contributed by atoms with Crippen LogP contribution in [-0.2, 0) is 16.4 Å². The molecule has 1 aliphatic rings. The Hall–Kier alpha value is -1.53. The van der Waals surface area contributed by atoms with Crippen LogP contribution in [0, 0.1) is 6.92 Å². The highest BCUT2D eigenvalue weighted by Gasteiger charge is 2.31. The topological polar surface area (TPSA) is 46.6 Å². The highest BCUT2D eigenvalue weighted by atomic mass is 32.2. The van der Waals surface area contributed by atoms with Crippen molar-refractivity contribution in [2.24, 2.45) is 0 Å². The van der Waals surface area contributed by atoms with Gasteiger partial charge in [-0.05, 0) is 48.4 Å². The summed E-state index contributed by atoms with van der Waals surface area (Å²) in [7, 11) is -1.90. The Morgan fingerprint density at radius 2 is 2.10 bits per heavy atom. The van der Waals surface area contributed by atoms with E-state index in [2.05, 4.69) is 0 Å². The molecular formula is C15H17NO3S2. The Morgan fingerprint density at radius 1 is 1.29 bits per heavy atom. The van der Waals surface area contributed by atoms with Crippen LogP contribution in [0.15, 0.2) is 33.9 Å². The molecule has 21 heavy (non-hydrogen) atoms. The number of hydrogen-bond donors (Lipinski definition) is 0. The van der Waals surface area contributed by atoms with Crippen molar-refractivity contribution < 1.29 is 13.2 Å². The van der Waals surface area contributed by atoms with Crippen molar-refractivity contribution in [1.82, 2.24) is 0 Å². The number of rotatable bonds is 3. The molecule has 0 saturated heterocycles. The van der Waals surface area contributed by atoms with Gasteiger partial charge in [-0.25, -0.2) is 8.42 Å². The molecule has 112 valence electrons. The van der Waals surface area contributed by atoms with E-state index in [4.69, 9.17) is 4.74 Å². The Balaban J connectivity index is 2.12. The molecule has 0 fully saturated rings. The van der Waals surface area contributed by atoms with E-state index < -0.39 is 10.0 Å². The summed E-state index contributed by atoms with van der Waals surface area (Å²) in [5, 5.41) is 1.82. The third kappa shape index (κ3) is 2.42. The molecule has 1 aromatic heterocycles. The summed E-state index contributed by atoms with van der Waals surface area (Å²) in [4.78, 5) is 0. The molecule has 0 unspecified atom stereocenters. The van der Waals surface area contributed by atoms with Gasteiger partial charge in [-0.1, -0.05) is 6.07 Å². The molecule has 3 rings (SSSR count). The number of anilines is 1. The number of thiophene rings is 1. The summed E-state index contributed by atoms with van der Waals surface area (Å²) < 4.78 is 33.0. The van der Waals surface area contributed by atoms with E-state index in [9.17, 15) is 8.42 Å². The minimum absolute atomic E-state index is 0.429. The lowest BCUT2D eigenvalue weighted by Gasteiger charge is -2.30. The van der Waals surface area contributed by atoms with Crippen LogP contribution in [0.1, 0.15) is 17.5 Å². The molecule has 0 spiro atoms. The first-order valence-electron chi connectivity index (χ1n) is 6.78. The number of fused-ring (bicyclic) bond motifs is 1. The molecule has 0 saturated carbocycles. The third-order valence-electron chi connectivity index (χ3n) is 3.71. The van der Waals surface area contributed by atoms with Crippen LogP contribution < -0.4 is 9.04 Å². The number of hydrogen-bond acceptors (Lipinski definition) is 4. The number of benzene rings is 1. The first-order valence-corrected chi connectivity index (χ1v) is 9.10. The van der Waals surface area contributed by atoms with E-state index in [1.807, 2.05) is 36.6 Å². The van der Waals surface area contributed by atoms with E-state index in [-0.39, 0.29) is 0 Å². The van der Waals surface area contributed by atoms with Crippen LogP contribution in [-0.4, -0.2) is 22.1 Å². The van der Waals surface area contributed by atoms with Gasteiger partial charge in [0.05, 0.1) is 12.8 Å². The Morgan fingerprint density at radius 3 is 2.76 bits per heavy atom. The third-order valence-corrected chi connectivity index (χ3v) is 7.19. The molecule has 1 aliphatic heterocycles. The zero-order valence-corrected chi connectivity index (χ0v) is 13.6. The molecule has 4 nitrogen and oxygen atoms in total. The van der Waals surface area contributed by atoms with Crippen molar-refractivity contribution in [3.63, 3.8) is 0 Å². The van der Waals surface area contributed by atoms with Gasteiger partial charge in [0.25, 0.3) is 10.0 Å². The van der Waals surface area contributed by atoms with Gasteiger partial charge in [0.2, 0.25) is 0 Å². The van der Waals surface area contributed by atoms with Crippen molar-refractivity contribution in [2.45, 2.75) is 24.0 Å². The molecular weight excluding hydrogens is 306 g/mol. The lowest BCUT2D eigenvalue weighted by atomic mass is 10.0. The van der Waals surface area contributed by atoms with Crippen molar-refractivity contribution >= 4 is 27.0 Å². The molecule has 0 aliphatic carbocycles. The standard InChI is InChI=1S/C15H17NO3S2/c1-11-7-9-20-15(11)21(17,18)16-8-3-4-12-5-6-13(19-2)10-14(12)16/h5-7,9-10H,3-4,8H2,1-2H3. The predicted octanol–water partition coefficient (Wildman–Crippen LogP) is 3.21. The van der Waals surface area contributed by atoms with E-state index >= 15 is 0 Å². The normalized spacial score (nSPS) is 14.9. The summed E-state index contributed by atoms with van der Waals surface area (Å²) in [6, 6.07) is 7.49. The highest BCUT2D eigenvalue weighted by molar-refractivity contribution is 7.94. The van der Waals surface area contributed by atoms with Crippen molar-refractivity contribution in [3.05, 3.63) is 40.8 Å². The molecule has 2 aromatic rings. The van der Waals surface area contributed by atoms with Crippen LogP contribution in [0.3, 0.4) is 0 Å². The van der Waals surface area contributed by atoms with Crippen LogP contribution in [0.4, 0.5) is 5.69 Å². The quantitative estimate of drug-likeness (QED) is 0.871.